The fourth-order valence-electron chi connectivity index (χ4n) is 6.61. The van der Waals surface area contributed by atoms with Gasteiger partial charge in [-0.05, 0) is 135 Å². The van der Waals surface area contributed by atoms with Crippen molar-refractivity contribution in [3.05, 3.63) is 174 Å². The molecule has 8 nitrogen and oxygen atoms in total. The zero-order valence-corrected chi connectivity index (χ0v) is 34.3. The van der Waals surface area contributed by atoms with E-state index in [2.05, 4.69) is 77.5 Å². The van der Waals surface area contributed by atoms with E-state index >= 15 is 0 Å². The fourth-order valence-corrected chi connectivity index (χ4v) is 7.47. The first-order valence-electron chi connectivity index (χ1n) is 19.1. The SMILES string of the molecule is N#Cc1cccc(C#Cc2ccc3c(n2)CCCC3=O)c1.O=C1CCCc2nc(C#Cc3cccc(Br)c3)ccc21.O=C1CCCc2nc(C#Cc3cncs3)ccc21. The molecule has 6 aromatic rings. The van der Waals surface area contributed by atoms with Crippen LogP contribution in [0.5, 0.6) is 0 Å². The number of hydrogen-bond acceptors (Lipinski definition) is 9. The summed E-state index contributed by atoms with van der Waals surface area (Å²) in [6, 6.07) is 28.0. The van der Waals surface area contributed by atoms with Gasteiger partial charge in [-0.2, -0.15) is 5.26 Å². The molecule has 3 aliphatic rings. The van der Waals surface area contributed by atoms with E-state index in [0.29, 0.717) is 30.5 Å². The van der Waals surface area contributed by atoms with E-state index in [4.69, 9.17) is 5.26 Å². The van der Waals surface area contributed by atoms with Crippen molar-refractivity contribution in [1.82, 2.24) is 19.9 Å². The minimum atomic E-state index is 0.171. The highest BCUT2D eigenvalue weighted by molar-refractivity contribution is 9.10. The van der Waals surface area contributed by atoms with Crippen LogP contribution in [0.2, 0.25) is 0 Å². The lowest BCUT2D eigenvalue weighted by Gasteiger charge is -2.12. The number of pyridine rings is 3. The molecule has 0 saturated carbocycles. The maximum atomic E-state index is 11.7. The van der Waals surface area contributed by atoms with E-state index in [-0.39, 0.29) is 17.3 Å². The number of aromatic nitrogens is 4. The molecule has 0 radical (unpaired) electrons. The number of nitriles is 1. The summed E-state index contributed by atoms with van der Waals surface area (Å²) in [5, 5.41) is 8.86. The Morgan fingerprint density at radius 3 is 1.44 bits per heavy atom. The van der Waals surface area contributed by atoms with Crippen LogP contribution in [-0.2, 0) is 19.3 Å². The summed E-state index contributed by atoms with van der Waals surface area (Å²) in [7, 11) is 0. The highest BCUT2D eigenvalue weighted by atomic mass is 79.9. The predicted molar refractivity (Wildman–Crippen MR) is 230 cm³/mol. The molecule has 10 heteroatoms. The van der Waals surface area contributed by atoms with Gasteiger partial charge in [-0.25, -0.2) is 15.0 Å². The molecule has 9 rings (SSSR count). The van der Waals surface area contributed by atoms with Gasteiger partial charge >= 0.3 is 0 Å². The van der Waals surface area contributed by atoms with E-state index in [1.807, 2.05) is 66.7 Å². The Hall–Kier alpha value is -6.82. The second kappa shape index (κ2) is 19.6. The van der Waals surface area contributed by atoms with Crippen LogP contribution >= 0.6 is 27.3 Å². The molecule has 4 aromatic heterocycles. The summed E-state index contributed by atoms with van der Waals surface area (Å²) in [6.45, 7) is 0. The van der Waals surface area contributed by atoms with Crippen molar-refractivity contribution in [2.45, 2.75) is 57.8 Å². The Balaban J connectivity index is 0.000000135. The molecule has 0 spiro atoms. The molecule has 0 N–H and O–H groups in total. The number of aryl methyl sites for hydroxylation is 3. The van der Waals surface area contributed by atoms with Crippen molar-refractivity contribution < 1.29 is 14.4 Å². The summed E-state index contributed by atoms with van der Waals surface area (Å²) in [4.78, 5) is 53.4. The molecule has 0 amide bonds. The highest BCUT2D eigenvalue weighted by Crippen LogP contribution is 2.22. The summed E-state index contributed by atoms with van der Waals surface area (Å²) >= 11 is 4.93. The monoisotopic (exact) mass is 851 g/mol. The van der Waals surface area contributed by atoms with E-state index < -0.39 is 0 Å². The average molecular weight is 853 g/mol. The number of carbonyl (C=O) groups is 3. The molecule has 0 saturated heterocycles. The zero-order valence-electron chi connectivity index (χ0n) is 31.8. The quantitative estimate of drug-likeness (QED) is 0.139. The average Bonchev–Trinajstić information content (AvgIpc) is 3.79. The summed E-state index contributed by atoms with van der Waals surface area (Å²) in [5.41, 5.74) is 11.1. The maximum Gasteiger partial charge on any atom is 0.164 e. The maximum absolute atomic E-state index is 11.7. The molecule has 3 aliphatic carbocycles. The first-order chi connectivity index (χ1) is 28.8. The topological polar surface area (TPSA) is 127 Å². The molecule has 286 valence electrons. The Labute approximate surface area is 355 Å². The van der Waals surface area contributed by atoms with Gasteiger partial charge in [0.1, 0.15) is 17.1 Å². The molecule has 0 atom stereocenters. The van der Waals surface area contributed by atoms with Gasteiger partial charge in [0.05, 0.1) is 45.3 Å². The third-order valence-electron chi connectivity index (χ3n) is 9.51. The smallest absolute Gasteiger partial charge is 0.164 e. The molecule has 59 heavy (non-hydrogen) atoms. The fraction of sp³-hybridized carbons (Fsp3) is 0.184. The van der Waals surface area contributed by atoms with Crippen LogP contribution in [0, 0.1) is 46.9 Å². The van der Waals surface area contributed by atoms with Gasteiger partial charge in [0.25, 0.3) is 0 Å². The first-order valence-corrected chi connectivity index (χ1v) is 20.8. The van der Waals surface area contributed by atoms with Crippen molar-refractivity contribution in [2.75, 3.05) is 0 Å². The molecule has 0 fully saturated rings. The number of fused-ring (bicyclic) bond motifs is 3. The zero-order chi connectivity index (χ0) is 41.0. The van der Waals surface area contributed by atoms with Crippen LogP contribution in [0.3, 0.4) is 0 Å². The minimum Gasteiger partial charge on any atom is -0.294 e. The van der Waals surface area contributed by atoms with Crippen molar-refractivity contribution in [2.24, 2.45) is 0 Å². The lowest BCUT2D eigenvalue weighted by Crippen LogP contribution is -2.12. The predicted octanol–water partition coefficient (Wildman–Crippen LogP) is 9.09. The minimum absolute atomic E-state index is 0.171. The molecule has 4 heterocycles. The van der Waals surface area contributed by atoms with Crippen molar-refractivity contribution >= 4 is 44.6 Å². The van der Waals surface area contributed by atoms with E-state index in [1.54, 1.807) is 29.9 Å². The second-order valence-electron chi connectivity index (χ2n) is 13.7. The number of benzene rings is 2. The molecular weight excluding hydrogens is 819 g/mol. The largest absolute Gasteiger partial charge is 0.294 e. The number of rotatable bonds is 0. The van der Waals surface area contributed by atoms with E-state index in [1.165, 1.54) is 11.3 Å². The summed E-state index contributed by atoms with van der Waals surface area (Å²) < 4.78 is 1.01. The van der Waals surface area contributed by atoms with Crippen molar-refractivity contribution in [1.29, 1.82) is 5.26 Å². The van der Waals surface area contributed by atoms with Crippen LogP contribution in [0.25, 0.3) is 0 Å². The molecule has 0 bridgehead atoms. The van der Waals surface area contributed by atoms with Gasteiger partial charge < -0.3 is 0 Å². The molecule has 2 aromatic carbocycles. The van der Waals surface area contributed by atoms with Gasteiger partial charge in [0.15, 0.2) is 17.3 Å². The first kappa shape index (κ1) is 40.4. The number of Topliss-reactive ketones (excluding diaryl/α,β-unsaturated/α-hetero) is 3. The third-order valence-corrected chi connectivity index (χ3v) is 10.7. The van der Waals surface area contributed by atoms with Crippen molar-refractivity contribution in [3.63, 3.8) is 0 Å². The number of ketones is 3. The number of halogens is 1. The van der Waals surface area contributed by atoms with Crippen molar-refractivity contribution in [3.8, 4) is 41.6 Å². The number of carbonyl (C=O) groups excluding carboxylic acids is 3. The molecule has 0 unspecified atom stereocenters. The van der Waals surface area contributed by atoms with Gasteiger partial charge in [-0.3, -0.25) is 19.4 Å². The lowest BCUT2D eigenvalue weighted by atomic mass is 9.94. The standard InChI is InChI=1S/C18H12N2O.C17H12BrNO.C14H10N2OS/c19-12-14-4-1-3-13(11-14)7-8-15-9-10-16-17(20-15)5-2-6-18(16)21;18-13-4-1-3-12(11-13)7-8-14-9-10-15-16(19-14)5-2-6-17(15)20;17-14-3-1-2-13-12(14)7-5-10(16-13)4-6-11-8-15-9-18-11/h1,3-4,9-11H,2,5-6H2;1,3-4,9-11H,2,5-6H2;5,7-9H,1-3H2. The van der Waals surface area contributed by atoms with E-state index in [9.17, 15) is 14.4 Å². The van der Waals surface area contributed by atoms with Crippen LogP contribution in [0.1, 0.15) is 125 Å². The Bertz CT molecular complexity index is 2830. The van der Waals surface area contributed by atoms with Gasteiger partial charge in [0.2, 0.25) is 0 Å². The lowest BCUT2D eigenvalue weighted by molar-refractivity contribution is 0.0963. The van der Waals surface area contributed by atoms with Gasteiger partial charge in [-0.15, -0.1) is 11.3 Å². The second-order valence-corrected chi connectivity index (χ2v) is 15.5. The summed E-state index contributed by atoms with van der Waals surface area (Å²) in [5.74, 6) is 18.8. The Morgan fingerprint density at radius 1 is 0.525 bits per heavy atom. The van der Waals surface area contributed by atoms with Crippen LogP contribution < -0.4 is 0 Å². The molecule has 0 aliphatic heterocycles. The Kier molecular flexibility index (Phi) is 13.4. The Morgan fingerprint density at radius 2 is 0.983 bits per heavy atom. The van der Waals surface area contributed by atoms with Gasteiger partial charge in [-0.1, -0.05) is 39.9 Å². The van der Waals surface area contributed by atoms with Crippen LogP contribution in [0.4, 0.5) is 0 Å². The van der Waals surface area contributed by atoms with Gasteiger partial charge in [0, 0.05) is 51.6 Å². The highest BCUT2D eigenvalue weighted by Gasteiger charge is 2.20. The number of nitrogens with zero attached hydrogens (tertiary/aromatic N) is 5. The summed E-state index contributed by atoms with van der Waals surface area (Å²) in [6.07, 6.45) is 8.84. The number of hydrogen-bond donors (Lipinski definition) is 0. The molecular formula is C49H34BrN5O3S. The normalized spacial score (nSPS) is 13.3. The third kappa shape index (κ3) is 11.0. The van der Waals surface area contributed by atoms with E-state index in [0.717, 1.165) is 104 Å². The van der Waals surface area contributed by atoms with Crippen LogP contribution in [-0.4, -0.2) is 37.3 Å². The van der Waals surface area contributed by atoms with Crippen LogP contribution in [0.15, 0.2) is 101 Å². The number of thiazole rings is 1.